The Bertz CT molecular complexity index is 709. The average Bonchev–Trinajstić information content (AvgIpc) is 3.09. The summed E-state index contributed by atoms with van der Waals surface area (Å²) < 4.78 is 5.44. The maximum absolute atomic E-state index is 13.1. The van der Waals surface area contributed by atoms with Crippen LogP contribution in [0, 0.1) is 0 Å². The molecule has 3 nitrogen and oxygen atoms in total. The average molecular weight is 344 g/mol. The first-order chi connectivity index (χ1) is 11.7. The standard InChI is InChI=1S/C20H22ClNO2/c1-2-24-18-11-10-16(14-17(18)21)22-19(23)20(12-6-7-13-20)15-8-4-3-5-9-15/h3-5,8-11,14H,2,6-7,12-13H2,1H3,(H,22,23). The third-order valence-corrected chi connectivity index (χ3v) is 5.00. The van der Waals surface area contributed by atoms with Crippen molar-refractivity contribution in [2.45, 2.75) is 38.0 Å². The summed E-state index contributed by atoms with van der Waals surface area (Å²) in [6, 6.07) is 15.5. The van der Waals surface area contributed by atoms with Gasteiger partial charge in [-0.05, 0) is 43.5 Å². The lowest BCUT2D eigenvalue weighted by Gasteiger charge is -2.28. The van der Waals surface area contributed by atoms with Gasteiger partial charge in [-0.2, -0.15) is 0 Å². The maximum Gasteiger partial charge on any atom is 0.235 e. The van der Waals surface area contributed by atoms with Crippen LogP contribution in [0.15, 0.2) is 48.5 Å². The fourth-order valence-electron chi connectivity index (χ4n) is 3.48. The molecule has 0 heterocycles. The molecule has 0 aliphatic heterocycles. The topological polar surface area (TPSA) is 38.3 Å². The number of amides is 1. The van der Waals surface area contributed by atoms with Crippen LogP contribution in [0.3, 0.4) is 0 Å². The number of carbonyl (C=O) groups is 1. The molecule has 0 atom stereocenters. The van der Waals surface area contributed by atoms with Crippen molar-refractivity contribution in [2.75, 3.05) is 11.9 Å². The van der Waals surface area contributed by atoms with Crippen LogP contribution in [0.4, 0.5) is 5.69 Å². The Morgan fingerprint density at radius 3 is 2.50 bits per heavy atom. The molecule has 0 radical (unpaired) electrons. The van der Waals surface area contributed by atoms with Crippen LogP contribution < -0.4 is 10.1 Å². The zero-order valence-corrected chi connectivity index (χ0v) is 14.6. The minimum absolute atomic E-state index is 0.0476. The number of hydrogen-bond acceptors (Lipinski definition) is 2. The van der Waals surface area contributed by atoms with Crippen LogP contribution in [0.2, 0.25) is 5.02 Å². The first-order valence-corrected chi connectivity index (χ1v) is 8.83. The number of nitrogens with one attached hydrogen (secondary N) is 1. The van der Waals surface area contributed by atoms with Gasteiger partial charge in [0.25, 0.3) is 0 Å². The number of halogens is 1. The van der Waals surface area contributed by atoms with Crippen molar-refractivity contribution in [3.8, 4) is 5.75 Å². The second-order valence-corrected chi connectivity index (χ2v) is 6.59. The van der Waals surface area contributed by atoms with E-state index in [4.69, 9.17) is 16.3 Å². The van der Waals surface area contributed by atoms with Gasteiger partial charge < -0.3 is 10.1 Å². The number of anilines is 1. The van der Waals surface area contributed by atoms with Crippen molar-refractivity contribution in [2.24, 2.45) is 0 Å². The van der Waals surface area contributed by atoms with Crippen LogP contribution in [0.25, 0.3) is 0 Å². The van der Waals surface area contributed by atoms with Crippen LogP contribution in [0.5, 0.6) is 5.75 Å². The molecular weight excluding hydrogens is 322 g/mol. The zero-order chi connectivity index (χ0) is 17.0. The number of hydrogen-bond donors (Lipinski definition) is 1. The Labute approximate surface area is 148 Å². The molecule has 3 rings (SSSR count). The van der Waals surface area contributed by atoms with Gasteiger partial charge in [0.15, 0.2) is 0 Å². The molecule has 0 aromatic heterocycles. The molecule has 24 heavy (non-hydrogen) atoms. The summed E-state index contributed by atoms with van der Waals surface area (Å²) in [5.74, 6) is 0.683. The molecule has 1 amide bonds. The normalized spacial score (nSPS) is 15.9. The fourth-order valence-corrected chi connectivity index (χ4v) is 3.72. The van der Waals surface area contributed by atoms with Crippen molar-refractivity contribution in [1.82, 2.24) is 0 Å². The molecule has 1 fully saturated rings. The van der Waals surface area contributed by atoms with Crippen LogP contribution in [0.1, 0.15) is 38.2 Å². The molecule has 0 saturated heterocycles. The van der Waals surface area contributed by atoms with Crippen molar-refractivity contribution < 1.29 is 9.53 Å². The van der Waals surface area contributed by atoms with Gasteiger partial charge >= 0.3 is 0 Å². The van der Waals surface area contributed by atoms with Gasteiger partial charge in [-0.25, -0.2) is 0 Å². The monoisotopic (exact) mass is 343 g/mol. The van der Waals surface area contributed by atoms with E-state index >= 15 is 0 Å². The highest BCUT2D eigenvalue weighted by Gasteiger charge is 2.42. The Balaban J connectivity index is 1.84. The van der Waals surface area contributed by atoms with E-state index in [9.17, 15) is 4.79 Å². The Hall–Kier alpha value is -2.00. The molecule has 4 heteroatoms. The third kappa shape index (κ3) is 3.27. The third-order valence-electron chi connectivity index (χ3n) is 4.71. The van der Waals surface area contributed by atoms with E-state index in [2.05, 4.69) is 17.4 Å². The summed E-state index contributed by atoms with van der Waals surface area (Å²) in [7, 11) is 0. The van der Waals surface area contributed by atoms with E-state index in [0.29, 0.717) is 23.1 Å². The minimum atomic E-state index is -0.438. The SMILES string of the molecule is CCOc1ccc(NC(=O)C2(c3ccccc3)CCCC2)cc1Cl. The first-order valence-electron chi connectivity index (χ1n) is 8.45. The summed E-state index contributed by atoms with van der Waals surface area (Å²) in [5.41, 5.74) is 1.36. The maximum atomic E-state index is 13.1. The molecule has 2 aromatic carbocycles. The molecule has 1 N–H and O–H groups in total. The van der Waals surface area contributed by atoms with Gasteiger partial charge in [0.05, 0.1) is 17.0 Å². The summed E-state index contributed by atoms with van der Waals surface area (Å²) in [6.45, 7) is 2.47. The molecule has 0 spiro atoms. The van der Waals surface area contributed by atoms with Gasteiger partial charge in [-0.15, -0.1) is 0 Å². The van der Waals surface area contributed by atoms with Crippen molar-refractivity contribution in [1.29, 1.82) is 0 Å². The Morgan fingerprint density at radius 2 is 1.88 bits per heavy atom. The predicted molar refractivity (Wildman–Crippen MR) is 97.8 cm³/mol. The number of carbonyl (C=O) groups excluding carboxylic acids is 1. The lowest BCUT2D eigenvalue weighted by molar-refractivity contribution is -0.121. The number of rotatable bonds is 5. The van der Waals surface area contributed by atoms with Crippen molar-refractivity contribution >= 4 is 23.2 Å². The smallest absolute Gasteiger partial charge is 0.235 e. The molecule has 1 saturated carbocycles. The summed E-state index contributed by atoms with van der Waals surface area (Å²) in [6.07, 6.45) is 3.92. The molecule has 1 aliphatic rings. The minimum Gasteiger partial charge on any atom is -0.492 e. The predicted octanol–water partition coefficient (Wildman–Crippen LogP) is 5.19. The van der Waals surface area contributed by atoms with Crippen molar-refractivity contribution in [3.63, 3.8) is 0 Å². The van der Waals surface area contributed by atoms with Gasteiger partial charge in [-0.1, -0.05) is 54.8 Å². The van der Waals surface area contributed by atoms with E-state index in [1.54, 1.807) is 12.1 Å². The van der Waals surface area contributed by atoms with Gasteiger partial charge in [-0.3, -0.25) is 4.79 Å². The van der Waals surface area contributed by atoms with E-state index < -0.39 is 5.41 Å². The first kappa shape index (κ1) is 16.8. The van der Waals surface area contributed by atoms with Crippen LogP contribution in [-0.2, 0) is 10.2 Å². The Kier molecular flexibility index (Phi) is 5.10. The lowest BCUT2D eigenvalue weighted by atomic mass is 9.78. The molecule has 1 aliphatic carbocycles. The van der Waals surface area contributed by atoms with E-state index in [1.807, 2.05) is 31.2 Å². The van der Waals surface area contributed by atoms with Gasteiger partial charge in [0.1, 0.15) is 5.75 Å². The molecular formula is C20H22ClNO2. The highest BCUT2D eigenvalue weighted by atomic mass is 35.5. The quantitative estimate of drug-likeness (QED) is 0.811. The molecule has 126 valence electrons. The highest BCUT2D eigenvalue weighted by Crippen LogP contribution is 2.42. The van der Waals surface area contributed by atoms with Crippen molar-refractivity contribution in [3.05, 3.63) is 59.1 Å². The summed E-state index contributed by atoms with van der Waals surface area (Å²) in [5, 5.41) is 3.56. The van der Waals surface area contributed by atoms with E-state index in [1.165, 1.54) is 0 Å². The van der Waals surface area contributed by atoms with Crippen LogP contribution in [-0.4, -0.2) is 12.5 Å². The number of ether oxygens (including phenoxy) is 1. The molecule has 0 unspecified atom stereocenters. The second kappa shape index (κ2) is 7.27. The van der Waals surface area contributed by atoms with Crippen LogP contribution >= 0.6 is 11.6 Å². The molecule has 0 bridgehead atoms. The molecule has 2 aromatic rings. The Morgan fingerprint density at radius 1 is 1.17 bits per heavy atom. The van der Waals surface area contributed by atoms with Gasteiger partial charge in [0.2, 0.25) is 5.91 Å². The summed E-state index contributed by atoms with van der Waals surface area (Å²) >= 11 is 6.23. The van der Waals surface area contributed by atoms with Gasteiger partial charge in [0, 0.05) is 5.69 Å². The zero-order valence-electron chi connectivity index (χ0n) is 13.8. The van der Waals surface area contributed by atoms with E-state index in [-0.39, 0.29) is 5.91 Å². The number of benzene rings is 2. The fraction of sp³-hybridized carbons (Fsp3) is 0.350. The van der Waals surface area contributed by atoms with E-state index in [0.717, 1.165) is 31.2 Å². The lowest BCUT2D eigenvalue weighted by Crippen LogP contribution is -2.37. The summed E-state index contributed by atoms with van der Waals surface area (Å²) in [4.78, 5) is 13.1. The highest BCUT2D eigenvalue weighted by molar-refractivity contribution is 6.32. The largest absolute Gasteiger partial charge is 0.492 e. The second-order valence-electron chi connectivity index (χ2n) is 6.19.